The molecule has 0 unspecified atom stereocenters. The van der Waals surface area contributed by atoms with E-state index in [4.69, 9.17) is 17.2 Å². The van der Waals surface area contributed by atoms with E-state index in [-0.39, 0.29) is 25.5 Å². The molecule has 23 heavy (non-hydrogen) atoms. The fourth-order valence-electron chi connectivity index (χ4n) is 2.21. The van der Waals surface area contributed by atoms with Crippen molar-refractivity contribution in [1.82, 2.24) is 4.98 Å². The summed E-state index contributed by atoms with van der Waals surface area (Å²) in [6, 6.07) is 15.0. The van der Waals surface area contributed by atoms with Gasteiger partial charge >= 0.3 is 0 Å². The van der Waals surface area contributed by atoms with Crippen LogP contribution in [0, 0.1) is 29.7 Å². The van der Waals surface area contributed by atoms with Gasteiger partial charge in [0, 0.05) is 25.8 Å². The summed E-state index contributed by atoms with van der Waals surface area (Å²) >= 11 is 0. The molecule has 3 radical (unpaired) electrons. The van der Waals surface area contributed by atoms with Crippen LogP contribution in [0.2, 0.25) is 0 Å². The molecule has 0 aliphatic carbocycles. The molecule has 1 aromatic carbocycles. The first-order valence-corrected chi connectivity index (χ1v) is 7.54. The molecule has 1 aromatic heterocycles. The third-order valence-electron chi connectivity index (χ3n) is 3.49. The minimum atomic E-state index is 0. The first kappa shape index (κ1) is 19.6. The number of aryl methyl sites for hydroxylation is 1. The predicted octanol–water partition coefficient (Wildman–Crippen LogP) is 4.65. The molecular weight excluding hydrogens is 460 g/mol. The molecule has 0 fully saturated rings. The Morgan fingerprint density at radius 3 is 2.61 bits per heavy atom. The maximum Gasteiger partial charge on any atom is 0.0789 e. The van der Waals surface area contributed by atoms with Crippen molar-refractivity contribution < 1.29 is 20.1 Å². The van der Waals surface area contributed by atoms with E-state index in [9.17, 15) is 0 Å². The van der Waals surface area contributed by atoms with Crippen LogP contribution in [0.15, 0.2) is 30.3 Å². The summed E-state index contributed by atoms with van der Waals surface area (Å²) in [6.45, 7) is 12.4. The number of hydrogen-bond acceptors (Lipinski definition) is 2. The summed E-state index contributed by atoms with van der Waals surface area (Å²) in [4.78, 5) is 4.72. The average molecular weight is 482 g/mol. The average Bonchev–Trinajstić information content (AvgIpc) is 2.52. The number of nitriles is 1. The molecule has 2 aromatic rings. The van der Waals surface area contributed by atoms with E-state index in [0.717, 1.165) is 35.4 Å². The monoisotopic (exact) mass is 482 g/mol. The van der Waals surface area contributed by atoms with E-state index < -0.39 is 0 Å². The Hall–Kier alpha value is -1.49. The zero-order chi connectivity index (χ0) is 16.2. The summed E-state index contributed by atoms with van der Waals surface area (Å²) in [5.41, 5.74) is 4.46. The molecule has 121 valence electrons. The molecule has 0 aliphatic rings. The van der Waals surface area contributed by atoms with Crippen LogP contribution in [0.4, 0.5) is 0 Å². The predicted molar refractivity (Wildman–Crippen MR) is 89.0 cm³/mol. The smallest absolute Gasteiger partial charge is 0.0789 e. The van der Waals surface area contributed by atoms with Gasteiger partial charge in [-0.2, -0.15) is 5.26 Å². The molecule has 1 heterocycles. The largest absolute Gasteiger partial charge is 0.301 e. The topological polar surface area (TPSA) is 36.7 Å². The van der Waals surface area contributed by atoms with Crippen molar-refractivity contribution in [3.05, 3.63) is 60.1 Å². The quantitative estimate of drug-likeness (QED) is 0.596. The minimum absolute atomic E-state index is 0. The first-order chi connectivity index (χ1) is 10.4. The van der Waals surface area contributed by atoms with E-state index in [1.807, 2.05) is 24.3 Å². The van der Waals surface area contributed by atoms with Crippen LogP contribution < -0.4 is 0 Å². The molecule has 0 saturated carbocycles. The molecule has 3 heteroatoms. The maximum absolute atomic E-state index is 9.13. The summed E-state index contributed by atoms with van der Waals surface area (Å²) in [6.07, 6.45) is 2.39. The van der Waals surface area contributed by atoms with Gasteiger partial charge in [0.15, 0.2) is 0 Å². The molecule has 0 atom stereocenters. The molecule has 0 saturated heterocycles. The molecule has 0 amide bonds. The standard InChI is InChI=1S/C20H21N2.Ir/c1-5-15-11-16(14-21)13-17(12-15)19-8-6-7-18(22-19)9-10-20(2,3)4;/h1,6-8,11,13H,5,9-10H2,2-4H3;/q-1;. The van der Waals surface area contributed by atoms with Gasteiger partial charge in [-0.1, -0.05) is 32.9 Å². The Balaban J connectivity index is 0.00000264. The van der Waals surface area contributed by atoms with Crippen LogP contribution in [0.3, 0.4) is 0 Å². The van der Waals surface area contributed by atoms with E-state index >= 15 is 0 Å². The van der Waals surface area contributed by atoms with Crippen molar-refractivity contribution in [3.8, 4) is 17.3 Å². The summed E-state index contributed by atoms with van der Waals surface area (Å²) in [7, 11) is 0. The molecule has 0 aliphatic heterocycles. The Morgan fingerprint density at radius 2 is 2.00 bits per heavy atom. The third-order valence-corrected chi connectivity index (χ3v) is 3.49. The second-order valence-corrected chi connectivity index (χ2v) is 6.70. The number of benzene rings is 1. The Bertz CT molecular complexity index is 694. The van der Waals surface area contributed by atoms with Gasteiger partial charge in [-0.25, -0.2) is 0 Å². The Morgan fingerprint density at radius 1 is 1.26 bits per heavy atom. The zero-order valence-corrected chi connectivity index (χ0v) is 16.2. The van der Waals surface area contributed by atoms with Gasteiger partial charge < -0.3 is 4.98 Å². The number of nitrogens with zero attached hydrogens (tertiary/aromatic N) is 2. The van der Waals surface area contributed by atoms with E-state index in [1.165, 1.54) is 0 Å². The van der Waals surface area contributed by atoms with Crippen molar-refractivity contribution in [2.24, 2.45) is 5.41 Å². The second-order valence-electron chi connectivity index (χ2n) is 6.70. The molecule has 0 spiro atoms. The number of rotatable bonds is 4. The summed E-state index contributed by atoms with van der Waals surface area (Å²) in [5.74, 6) is 0. The number of aromatic nitrogens is 1. The van der Waals surface area contributed by atoms with Crippen LogP contribution in [0.25, 0.3) is 11.3 Å². The van der Waals surface area contributed by atoms with Crippen molar-refractivity contribution in [2.45, 2.75) is 40.0 Å². The van der Waals surface area contributed by atoms with Crippen LogP contribution in [0.5, 0.6) is 0 Å². The molecule has 2 rings (SSSR count). The van der Waals surface area contributed by atoms with Gasteiger partial charge in [-0.15, -0.1) is 29.3 Å². The van der Waals surface area contributed by atoms with Crippen molar-refractivity contribution in [1.29, 1.82) is 5.26 Å². The van der Waals surface area contributed by atoms with Crippen LogP contribution >= 0.6 is 0 Å². The van der Waals surface area contributed by atoms with Gasteiger partial charge in [0.05, 0.1) is 6.07 Å². The van der Waals surface area contributed by atoms with Gasteiger partial charge in [0.1, 0.15) is 0 Å². The zero-order valence-electron chi connectivity index (χ0n) is 13.8. The first-order valence-electron chi connectivity index (χ1n) is 7.54. The van der Waals surface area contributed by atoms with Crippen molar-refractivity contribution in [2.75, 3.05) is 0 Å². The third kappa shape index (κ3) is 5.90. The van der Waals surface area contributed by atoms with Crippen LogP contribution in [-0.4, -0.2) is 4.98 Å². The van der Waals surface area contributed by atoms with E-state index in [1.54, 1.807) is 6.07 Å². The number of hydrogen-bond donors (Lipinski definition) is 0. The fraction of sp³-hybridized carbons (Fsp3) is 0.350. The van der Waals surface area contributed by atoms with Gasteiger partial charge in [0.25, 0.3) is 0 Å². The van der Waals surface area contributed by atoms with E-state index in [0.29, 0.717) is 12.0 Å². The summed E-state index contributed by atoms with van der Waals surface area (Å²) in [5, 5.41) is 9.13. The second kappa shape index (κ2) is 8.39. The molecule has 0 bridgehead atoms. The Kier molecular flexibility index (Phi) is 7.13. The van der Waals surface area contributed by atoms with Crippen LogP contribution in [0.1, 0.15) is 44.0 Å². The van der Waals surface area contributed by atoms with Crippen molar-refractivity contribution in [3.63, 3.8) is 0 Å². The maximum atomic E-state index is 9.13. The van der Waals surface area contributed by atoms with Gasteiger partial charge in [-0.05, 0) is 48.9 Å². The number of pyridine rings is 1. The minimum Gasteiger partial charge on any atom is -0.301 e. The van der Waals surface area contributed by atoms with E-state index in [2.05, 4.69) is 32.9 Å². The van der Waals surface area contributed by atoms with Gasteiger partial charge in [0.2, 0.25) is 0 Å². The SMILES string of the molecule is [CH]Cc1[c-]c(-c2cccc(CCC(C)(C)C)n2)cc(C#N)c1.[Ir]. The van der Waals surface area contributed by atoms with Crippen LogP contribution in [-0.2, 0) is 32.9 Å². The fourth-order valence-corrected chi connectivity index (χ4v) is 2.21. The molecular formula is C20H21IrN2-. The summed E-state index contributed by atoms with van der Waals surface area (Å²) < 4.78 is 0. The van der Waals surface area contributed by atoms with Crippen molar-refractivity contribution >= 4 is 0 Å². The Labute approximate surface area is 153 Å². The van der Waals surface area contributed by atoms with Gasteiger partial charge in [-0.3, -0.25) is 0 Å². The normalized spacial score (nSPS) is 10.7. The molecule has 0 N–H and O–H groups in total. The molecule has 2 nitrogen and oxygen atoms in total.